The molecule has 1 rings (SSSR count). The molecular formula is C10H21N3O2S. The van der Waals surface area contributed by atoms with Crippen LogP contribution in [-0.4, -0.2) is 48.7 Å². The van der Waals surface area contributed by atoms with Crippen LogP contribution in [0, 0.1) is 0 Å². The van der Waals surface area contributed by atoms with Gasteiger partial charge in [0.15, 0.2) is 0 Å². The van der Waals surface area contributed by atoms with Gasteiger partial charge in [0.05, 0.1) is 6.67 Å². The highest BCUT2D eigenvalue weighted by molar-refractivity contribution is 7.86. The fourth-order valence-electron chi connectivity index (χ4n) is 1.86. The summed E-state index contributed by atoms with van der Waals surface area (Å²) in [5, 5.41) is 0. The minimum absolute atomic E-state index is 0.269. The average Bonchev–Trinajstić information content (AvgIpc) is 2.13. The fraction of sp³-hybridized carbons (Fsp3) is 0.800. The zero-order chi connectivity index (χ0) is 12.7. The van der Waals surface area contributed by atoms with Crippen molar-refractivity contribution in [3.63, 3.8) is 0 Å². The van der Waals surface area contributed by atoms with Gasteiger partial charge in [-0.3, -0.25) is 0 Å². The van der Waals surface area contributed by atoms with Crippen LogP contribution in [0.2, 0.25) is 0 Å². The smallest absolute Gasteiger partial charge is 0.306 e. The molecule has 1 saturated heterocycles. The Balaban J connectivity index is 3.26. The summed E-state index contributed by atoms with van der Waals surface area (Å²) in [4.78, 5) is 2.08. The third-order valence-corrected chi connectivity index (χ3v) is 4.50. The van der Waals surface area contributed by atoms with E-state index in [4.69, 9.17) is 0 Å². The molecule has 5 nitrogen and oxygen atoms in total. The maximum absolute atomic E-state index is 12.0. The second-order valence-electron chi connectivity index (χ2n) is 4.60. The molecule has 0 atom stereocenters. The molecule has 0 unspecified atom stereocenters. The first-order valence-electron chi connectivity index (χ1n) is 5.34. The summed E-state index contributed by atoms with van der Waals surface area (Å²) in [6.07, 6.45) is 0. The fourth-order valence-corrected chi connectivity index (χ4v) is 3.06. The van der Waals surface area contributed by atoms with Crippen molar-refractivity contribution in [1.29, 1.82) is 0 Å². The molecular weight excluding hydrogens is 226 g/mol. The molecule has 1 heterocycles. The molecule has 0 aromatic carbocycles. The Morgan fingerprint density at radius 1 is 1.25 bits per heavy atom. The second kappa shape index (κ2) is 4.25. The lowest BCUT2D eigenvalue weighted by Crippen LogP contribution is -2.55. The first-order chi connectivity index (χ1) is 7.19. The molecule has 0 aromatic rings. The Bertz CT molecular complexity index is 396. The summed E-state index contributed by atoms with van der Waals surface area (Å²) in [7, 11) is -0.134. The maximum Gasteiger partial charge on any atom is 0.306 e. The van der Waals surface area contributed by atoms with Crippen molar-refractivity contribution in [3.05, 3.63) is 11.4 Å². The van der Waals surface area contributed by atoms with Crippen LogP contribution in [-0.2, 0) is 10.2 Å². The summed E-state index contributed by atoms with van der Waals surface area (Å²) in [5.41, 5.74) is 1.01. The molecule has 94 valence electrons. The van der Waals surface area contributed by atoms with Gasteiger partial charge in [-0.1, -0.05) is 0 Å². The summed E-state index contributed by atoms with van der Waals surface area (Å²) < 4.78 is 26.7. The van der Waals surface area contributed by atoms with E-state index < -0.39 is 10.2 Å². The molecule has 0 N–H and O–H groups in total. The van der Waals surface area contributed by atoms with E-state index >= 15 is 0 Å². The van der Waals surface area contributed by atoms with Gasteiger partial charge in [-0.15, -0.1) is 0 Å². The summed E-state index contributed by atoms with van der Waals surface area (Å²) in [6, 6.07) is 0.269. The van der Waals surface area contributed by atoms with E-state index in [0.29, 0.717) is 6.67 Å². The van der Waals surface area contributed by atoms with Crippen molar-refractivity contribution < 1.29 is 8.42 Å². The third kappa shape index (κ3) is 2.04. The molecule has 6 heteroatoms. The van der Waals surface area contributed by atoms with Crippen molar-refractivity contribution in [2.75, 3.05) is 20.8 Å². The predicted molar refractivity (Wildman–Crippen MR) is 64.7 cm³/mol. The zero-order valence-corrected chi connectivity index (χ0v) is 11.7. The number of hydrogen-bond donors (Lipinski definition) is 0. The monoisotopic (exact) mass is 247 g/mol. The van der Waals surface area contributed by atoms with Gasteiger partial charge in [0.1, 0.15) is 5.82 Å². The van der Waals surface area contributed by atoms with Gasteiger partial charge < -0.3 is 4.90 Å². The standard InChI is InChI=1S/C10H21N3O2S/c1-8(2)10-12(6)16(14,15)11(5)7-13(10)9(3)4/h9H,7H2,1-6H3. The van der Waals surface area contributed by atoms with Crippen molar-refractivity contribution >= 4 is 10.2 Å². The van der Waals surface area contributed by atoms with Gasteiger partial charge in [-0.2, -0.15) is 12.7 Å². The number of allylic oxidation sites excluding steroid dienone is 1. The molecule has 1 aliphatic heterocycles. The van der Waals surface area contributed by atoms with Gasteiger partial charge >= 0.3 is 10.2 Å². The number of hydrogen-bond acceptors (Lipinski definition) is 3. The van der Waals surface area contributed by atoms with E-state index in [2.05, 4.69) is 18.7 Å². The van der Waals surface area contributed by atoms with Crippen molar-refractivity contribution in [2.24, 2.45) is 0 Å². The first kappa shape index (κ1) is 13.3. The number of nitrogens with zero attached hydrogens (tertiary/aromatic N) is 3. The molecule has 1 fully saturated rings. The Kier molecular flexibility index (Phi) is 3.54. The highest BCUT2D eigenvalue weighted by Gasteiger charge is 2.36. The van der Waals surface area contributed by atoms with Gasteiger partial charge in [0.25, 0.3) is 0 Å². The normalized spacial score (nSPS) is 21.8. The van der Waals surface area contributed by atoms with Crippen molar-refractivity contribution in [1.82, 2.24) is 13.5 Å². The van der Waals surface area contributed by atoms with Gasteiger partial charge in [0, 0.05) is 20.1 Å². The van der Waals surface area contributed by atoms with Crippen molar-refractivity contribution in [2.45, 2.75) is 33.7 Å². The molecule has 0 aromatic heterocycles. The van der Waals surface area contributed by atoms with E-state index in [1.54, 1.807) is 14.1 Å². The molecule has 0 bridgehead atoms. The van der Waals surface area contributed by atoms with Gasteiger partial charge in [-0.05, 0) is 33.3 Å². The first-order valence-corrected chi connectivity index (χ1v) is 6.73. The maximum atomic E-state index is 12.0. The minimum atomic E-state index is -3.33. The largest absolute Gasteiger partial charge is 0.341 e. The summed E-state index contributed by atoms with van der Waals surface area (Å²) in [5.74, 6) is 0.785. The van der Waals surface area contributed by atoms with Crippen molar-refractivity contribution in [3.8, 4) is 0 Å². The van der Waals surface area contributed by atoms with Crippen LogP contribution in [0.25, 0.3) is 0 Å². The van der Waals surface area contributed by atoms with E-state index in [1.807, 2.05) is 13.8 Å². The summed E-state index contributed by atoms with van der Waals surface area (Å²) >= 11 is 0. The average molecular weight is 247 g/mol. The van der Waals surface area contributed by atoms with Gasteiger partial charge in [-0.25, -0.2) is 4.31 Å². The highest BCUT2D eigenvalue weighted by Crippen LogP contribution is 2.26. The van der Waals surface area contributed by atoms with E-state index in [0.717, 1.165) is 11.4 Å². The van der Waals surface area contributed by atoms with Crippen LogP contribution in [0.1, 0.15) is 27.7 Å². The molecule has 0 amide bonds. The van der Waals surface area contributed by atoms with Gasteiger partial charge in [0.2, 0.25) is 0 Å². The lowest BCUT2D eigenvalue weighted by atomic mass is 10.2. The molecule has 16 heavy (non-hydrogen) atoms. The van der Waals surface area contributed by atoms with Crippen LogP contribution in [0.3, 0.4) is 0 Å². The van der Waals surface area contributed by atoms with Crippen LogP contribution in [0.5, 0.6) is 0 Å². The molecule has 0 aliphatic carbocycles. The molecule has 1 aliphatic rings. The predicted octanol–water partition coefficient (Wildman–Crippen LogP) is 1.03. The highest BCUT2D eigenvalue weighted by atomic mass is 32.2. The Labute approximate surface area is 98.5 Å². The van der Waals surface area contributed by atoms with Crippen LogP contribution in [0.15, 0.2) is 11.4 Å². The second-order valence-corrected chi connectivity index (χ2v) is 6.67. The van der Waals surface area contributed by atoms with E-state index in [1.165, 1.54) is 8.61 Å². The Hall–Kier alpha value is -0.750. The Morgan fingerprint density at radius 2 is 1.75 bits per heavy atom. The van der Waals surface area contributed by atoms with E-state index in [9.17, 15) is 8.42 Å². The molecule has 0 spiro atoms. The third-order valence-electron chi connectivity index (χ3n) is 2.73. The lowest BCUT2D eigenvalue weighted by Gasteiger charge is -2.44. The van der Waals surface area contributed by atoms with Crippen LogP contribution in [0.4, 0.5) is 0 Å². The number of rotatable bonds is 1. The minimum Gasteiger partial charge on any atom is -0.341 e. The Morgan fingerprint density at radius 3 is 2.12 bits per heavy atom. The zero-order valence-electron chi connectivity index (χ0n) is 10.9. The van der Waals surface area contributed by atoms with Crippen LogP contribution >= 0.6 is 0 Å². The molecule has 0 radical (unpaired) electrons. The SMILES string of the molecule is CC(C)=C1N(C(C)C)CN(C)S(=O)(=O)N1C. The van der Waals surface area contributed by atoms with Crippen LogP contribution < -0.4 is 0 Å². The quantitative estimate of drug-likeness (QED) is 0.695. The summed E-state index contributed by atoms with van der Waals surface area (Å²) in [6.45, 7) is 8.39. The lowest BCUT2D eigenvalue weighted by molar-refractivity contribution is 0.150. The molecule has 0 saturated carbocycles. The topological polar surface area (TPSA) is 43.9 Å². The van der Waals surface area contributed by atoms with E-state index in [-0.39, 0.29) is 6.04 Å².